The standard InChI is InChI=1S/C21H35NO3/c1-3-4-8-11-18(2)20(24)14-12-19-13-15-21(25)22(19)16-9-6-5-7-10-17-23/h12,14,18-20,23-24H,3,5-7,9-11,13,15-17H2,1-2H3/b14-12+/t18?,19-,20?/m0/s1. The second-order valence-corrected chi connectivity index (χ2v) is 6.95. The van der Waals surface area contributed by atoms with Crippen LogP contribution in [0.3, 0.4) is 0 Å². The van der Waals surface area contributed by atoms with Crippen molar-refractivity contribution in [2.75, 3.05) is 13.2 Å². The lowest BCUT2D eigenvalue weighted by molar-refractivity contribution is -0.128. The zero-order chi connectivity index (χ0) is 18.5. The molecule has 142 valence electrons. The van der Waals surface area contributed by atoms with E-state index >= 15 is 0 Å². The Balaban J connectivity index is 2.40. The third-order valence-corrected chi connectivity index (χ3v) is 4.77. The van der Waals surface area contributed by atoms with E-state index in [-0.39, 0.29) is 24.5 Å². The number of carbonyl (C=O) groups excluding carboxylic acids is 1. The minimum atomic E-state index is -0.512. The van der Waals surface area contributed by atoms with Gasteiger partial charge in [-0.05, 0) is 25.2 Å². The predicted octanol–water partition coefficient (Wildman–Crippen LogP) is 3.28. The maximum atomic E-state index is 12.1. The van der Waals surface area contributed by atoms with Crippen LogP contribution in [0.4, 0.5) is 0 Å². The van der Waals surface area contributed by atoms with Crippen LogP contribution in [-0.4, -0.2) is 46.3 Å². The Morgan fingerprint density at radius 3 is 2.68 bits per heavy atom. The molecule has 2 unspecified atom stereocenters. The highest BCUT2D eigenvalue weighted by Crippen LogP contribution is 2.21. The van der Waals surface area contributed by atoms with Crippen molar-refractivity contribution in [3.8, 4) is 11.8 Å². The molecule has 0 radical (unpaired) electrons. The van der Waals surface area contributed by atoms with Crippen LogP contribution in [0.2, 0.25) is 0 Å². The lowest BCUT2D eigenvalue weighted by Gasteiger charge is -2.23. The van der Waals surface area contributed by atoms with Gasteiger partial charge in [-0.3, -0.25) is 4.79 Å². The molecule has 25 heavy (non-hydrogen) atoms. The lowest BCUT2D eigenvalue weighted by Crippen LogP contribution is -2.33. The summed E-state index contributed by atoms with van der Waals surface area (Å²) in [6, 6.07) is 0.119. The largest absolute Gasteiger partial charge is 0.396 e. The second-order valence-electron chi connectivity index (χ2n) is 6.95. The SMILES string of the molecule is CCC#CCC(C)C(O)/C=C/[C@H]1CCC(=O)N1CCCCCCCO. The number of hydrogen-bond donors (Lipinski definition) is 2. The van der Waals surface area contributed by atoms with Gasteiger partial charge in [0.15, 0.2) is 0 Å². The fourth-order valence-corrected chi connectivity index (χ4v) is 3.08. The van der Waals surface area contributed by atoms with Crippen molar-refractivity contribution in [3.05, 3.63) is 12.2 Å². The van der Waals surface area contributed by atoms with Crippen LogP contribution in [0.5, 0.6) is 0 Å². The molecule has 0 spiro atoms. The number of nitrogens with zero attached hydrogens (tertiary/aromatic N) is 1. The number of rotatable bonds is 11. The molecular weight excluding hydrogens is 314 g/mol. The molecule has 1 aliphatic rings. The minimum absolute atomic E-state index is 0.104. The lowest BCUT2D eigenvalue weighted by atomic mass is 10.00. The highest BCUT2D eigenvalue weighted by molar-refractivity contribution is 5.79. The first-order valence-corrected chi connectivity index (χ1v) is 9.82. The first-order chi connectivity index (χ1) is 12.1. The maximum Gasteiger partial charge on any atom is 0.223 e. The molecular formula is C21H35NO3. The molecule has 4 heteroatoms. The monoisotopic (exact) mass is 349 g/mol. The Morgan fingerprint density at radius 2 is 1.96 bits per heavy atom. The highest BCUT2D eigenvalue weighted by Gasteiger charge is 2.28. The van der Waals surface area contributed by atoms with E-state index in [1.165, 1.54) is 0 Å². The van der Waals surface area contributed by atoms with Gasteiger partial charge >= 0.3 is 0 Å². The first kappa shape index (κ1) is 21.7. The van der Waals surface area contributed by atoms with Gasteiger partial charge in [-0.25, -0.2) is 0 Å². The van der Waals surface area contributed by atoms with Crippen molar-refractivity contribution in [2.45, 2.75) is 83.8 Å². The fraction of sp³-hybridized carbons (Fsp3) is 0.762. The van der Waals surface area contributed by atoms with E-state index in [4.69, 9.17) is 5.11 Å². The van der Waals surface area contributed by atoms with E-state index in [1.54, 1.807) is 0 Å². The molecule has 1 saturated heterocycles. The molecule has 1 aliphatic heterocycles. The summed E-state index contributed by atoms with van der Waals surface area (Å²) in [5.41, 5.74) is 0. The Labute approximate surface area is 153 Å². The fourth-order valence-electron chi connectivity index (χ4n) is 3.08. The normalized spacial score (nSPS) is 19.9. The first-order valence-electron chi connectivity index (χ1n) is 9.82. The molecule has 0 aromatic heterocycles. The van der Waals surface area contributed by atoms with Crippen LogP contribution in [0, 0.1) is 17.8 Å². The van der Waals surface area contributed by atoms with Crippen molar-refractivity contribution in [3.63, 3.8) is 0 Å². The molecule has 1 rings (SSSR count). The van der Waals surface area contributed by atoms with Gasteiger partial charge in [0.05, 0.1) is 12.1 Å². The maximum absolute atomic E-state index is 12.1. The van der Waals surface area contributed by atoms with Crippen LogP contribution in [0.25, 0.3) is 0 Å². The topological polar surface area (TPSA) is 60.8 Å². The van der Waals surface area contributed by atoms with E-state index in [1.807, 2.05) is 30.9 Å². The summed E-state index contributed by atoms with van der Waals surface area (Å²) >= 11 is 0. The Kier molecular flexibility index (Phi) is 11.3. The van der Waals surface area contributed by atoms with E-state index in [2.05, 4.69) is 11.8 Å². The average molecular weight is 350 g/mol. The van der Waals surface area contributed by atoms with Crippen LogP contribution in [-0.2, 0) is 4.79 Å². The van der Waals surface area contributed by atoms with Crippen LogP contribution >= 0.6 is 0 Å². The van der Waals surface area contributed by atoms with Gasteiger partial charge in [-0.2, -0.15) is 0 Å². The number of aliphatic hydroxyl groups is 2. The quantitative estimate of drug-likeness (QED) is 0.342. The van der Waals surface area contributed by atoms with Gasteiger partial charge in [-0.15, -0.1) is 11.8 Å². The average Bonchev–Trinajstić information content (AvgIpc) is 2.96. The van der Waals surface area contributed by atoms with Crippen LogP contribution in [0.15, 0.2) is 12.2 Å². The highest BCUT2D eigenvalue weighted by atomic mass is 16.3. The van der Waals surface area contributed by atoms with Gasteiger partial charge in [-0.1, -0.05) is 45.3 Å². The van der Waals surface area contributed by atoms with E-state index in [0.29, 0.717) is 12.8 Å². The zero-order valence-electron chi connectivity index (χ0n) is 15.9. The summed E-state index contributed by atoms with van der Waals surface area (Å²) in [5, 5.41) is 19.0. The summed E-state index contributed by atoms with van der Waals surface area (Å²) in [6.07, 6.45) is 11.5. The molecule has 4 nitrogen and oxygen atoms in total. The molecule has 1 fully saturated rings. The Morgan fingerprint density at radius 1 is 1.24 bits per heavy atom. The van der Waals surface area contributed by atoms with Gasteiger partial charge in [0.2, 0.25) is 5.91 Å². The van der Waals surface area contributed by atoms with Crippen LogP contribution < -0.4 is 0 Å². The van der Waals surface area contributed by atoms with Gasteiger partial charge in [0.1, 0.15) is 0 Å². The van der Waals surface area contributed by atoms with Crippen molar-refractivity contribution < 1.29 is 15.0 Å². The number of hydrogen-bond acceptors (Lipinski definition) is 3. The van der Waals surface area contributed by atoms with Crippen LogP contribution in [0.1, 0.15) is 71.6 Å². The van der Waals surface area contributed by atoms with Crippen molar-refractivity contribution in [1.82, 2.24) is 4.90 Å². The van der Waals surface area contributed by atoms with Crippen molar-refractivity contribution >= 4 is 5.91 Å². The summed E-state index contributed by atoms with van der Waals surface area (Å²) in [7, 11) is 0. The molecule has 0 bridgehead atoms. The summed E-state index contributed by atoms with van der Waals surface area (Å²) in [4.78, 5) is 14.0. The van der Waals surface area contributed by atoms with Crippen molar-refractivity contribution in [2.24, 2.45) is 5.92 Å². The second kappa shape index (κ2) is 13.0. The van der Waals surface area contributed by atoms with Gasteiger partial charge in [0.25, 0.3) is 0 Å². The zero-order valence-corrected chi connectivity index (χ0v) is 15.9. The van der Waals surface area contributed by atoms with E-state index in [0.717, 1.165) is 51.5 Å². The molecule has 2 N–H and O–H groups in total. The number of likely N-dealkylation sites (tertiary alicyclic amines) is 1. The number of aliphatic hydroxyl groups excluding tert-OH is 2. The Hall–Kier alpha value is -1.31. The Bertz CT molecular complexity index is 463. The minimum Gasteiger partial charge on any atom is -0.396 e. The van der Waals surface area contributed by atoms with Gasteiger partial charge < -0.3 is 15.1 Å². The third-order valence-electron chi connectivity index (χ3n) is 4.77. The van der Waals surface area contributed by atoms with Crippen molar-refractivity contribution in [1.29, 1.82) is 0 Å². The van der Waals surface area contributed by atoms with E-state index in [9.17, 15) is 9.90 Å². The van der Waals surface area contributed by atoms with E-state index < -0.39 is 6.10 Å². The molecule has 0 aromatic carbocycles. The number of carbonyl (C=O) groups is 1. The molecule has 0 aliphatic carbocycles. The molecule has 0 aromatic rings. The van der Waals surface area contributed by atoms with Gasteiger partial charge in [0, 0.05) is 32.4 Å². The molecule has 1 heterocycles. The molecule has 3 atom stereocenters. The summed E-state index contributed by atoms with van der Waals surface area (Å²) in [5.74, 6) is 6.45. The molecule has 1 amide bonds. The number of unbranched alkanes of at least 4 members (excludes halogenated alkanes) is 4. The smallest absolute Gasteiger partial charge is 0.223 e. The third kappa shape index (κ3) is 8.56. The number of amides is 1. The predicted molar refractivity (Wildman–Crippen MR) is 102 cm³/mol. The summed E-state index contributed by atoms with van der Waals surface area (Å²) in [6.45, 7) is 5.08. The molecule has 0 saturated carbocycles. The summed E-state index contributed by atoms with van der Waals surface area (Å²) < 4.78 is 0.